The van der Waals surface area contributed by atoms with Gasteiger partial charge in [0.05, 0.1) is 4.92 Å². The van der Waals surface area contributed by atoms with Gasteiger partial charge in [0.1, 0.15) is 6.33 Å². The van der Waals surface area contributed by atoms with Gasteiger partial charge in [0.15, 0.2) is 0 Å². The summed E-state index contributed by atoms with van der Waals surface area (Å²) in [4.78, 5) is 25.3. The number of nitrogens with one attached hydrogen (secondary N) is 2. The summed E-state index contributed by atoms with van der Waals surface area (Å²) < 4.78 is 0. The molecule has 8 nitrogen and oxygen atoms in total. The van der Waals surface area contributed by atoms with Crippen LogP contribution in [0.2, 0.25) is 0 Å². The Labute approximate surface area is 94.8 Å². The molecule has 2 rings (SSSR count). The Balaban J connectivity index is 2.19. The minimum atomic E-state index is -0.564. The molecular formula is C9H7N5O3. The lowest BCUT2D eigenvalue weighted by atomic mass is 10.2. The van der Waals surface area contributed by atoms with Gasteiger partial charge in [-0.05, 0) is 6.07 Å². The van der Waals surface area contributed by atoms with Gasteiger partial charge in [-0.2, -0.15) is 10.1 Å². The third kappa shape index (κ3) is 2.43. The molecule has 0 aliphatic heterocycles. The normalized spacial score (nSPS) is 9.88. The topological polar surface area (TPSA) is 114 Å². The van der Waals surface area contributed by atoms with Gasteiger partial charge in [0, 0.05) is 17.7 Å². The van der Waals surface area contributed by atoms with Crippen LogP contribution >= 0.6 is 0 Å². The van der Waals surface area contributed by atoms with E-state index in [2.05, 4.69) is 20.5 Å². The third-order valence-electron chi connectivity index (χ3n) is 1.97. The number of hydrogen-bond acceptors (Lipinski definition) is 5. The Kier molecular flexibility index (Phi) is 2.77. The van der Waals surface area contributed by atoms with E-state index in [-0.39, 0.29) is 17.2 Å². The van der Waals surface area contributed by atoms with Gasteiger partial charge < -0.3 is 0 Å². The van der Waals surface area contributed by atoms with E-state index in [1.165, 1.54) is 30.6 Å². The Morgan fingerprint density at radius 3 is 2.94 bits per heavy atom. The van der Waals surface area contributed by atoms with E-state index in [9.17, 15) is 14.9 Å². The number of rotatable bonds is 3. The van der Waals surface area contributed by atoms with Crippen molar-refractivity contribution < 1.29 is 9.72 Å². The molecule has 0 unspecified atom stereocenters. The molecular weight excluding hydrogens is 226 g/mol. The van der Waals surface area contributed by atoms with Gasteiger partial charge >= 0.3 is 0 Å². The molecule has 8 heteroatoms. The molecule has 0 aliphatic carbocycles. The third-order valence-corrected chi connectivity index (χ3v) is 1.97. The second-order valence-electron chi connectivity index (χ2n) is 3.10. The largest absolute Gasteiger partial charge is 0.291 e. The molecule has 1 heterocycles. The highest BCUT2D eigenvalue weighted by atomic mass is 16.6. The number of amides is 1. The van der Waals surface area contributed by atoms with Crippen LogP contribution in [-0.4, -0.2) is 26.0 Å². The number of hydrogen-bond donors (Lipinski definition) is 2. The molecule has 0 spiro atoms. The summed E-state index contributed by atoms with van der Waals surface area (Å²) in [6.07, 6.45) is 1.24. The first kappa shape index (κ1) is 10.7. The molecule has 0 saturated heterocycles. The summed E-state index contributed by atoms with van der Waals surface area (Å²) in [7, 11) is 0. The summed E-state index contributed by atoms with van der Waals surface area (Å²) in [5, 5.41) is 19.0. The zero-order chi connectivity index (χ0) is 12.3. The van der Waals surface area contributed by atoms with Crippen molar-refractivity contribution in [3.63, 3.8) is 0 Å². The van der Waals surface area contributed by atoms with Crippen molar-refractivity contribution >= 4 is 17.5 Å². The SMILES string of the molecule is O=C(Nc1ncn[nH]1)c1cccc([N+](=O)[O-])c1. The van der Waals surface area contributed by atoms with Crippen LogP contribution in [0, 0.1) is 10.1 Å². The van der Waals surface area contributed by atoms with E-state index < -0.39 is 10.8 Å². The van der Waals surface area contributed by atoms with Crippen molar-refractivity contribution in [2.45, 2.75) is 0 Å². The Hall–Kier alpha value is -2.77. The lowest BCUT2D eigenvalue weighted by Gasteiger charge is -2.00. The van der Waals surface area contributed by atoms with Crippen LogP contribution in [0.1, 0.15) is 10.4 Å². The number of carbonyl (C=O) groups is 1. The zero-order valence-corrected chi connectivity index (χ0v) is 8.45. The van der Waals surface area contributed by atoms with Gasteiger partial charge in [0.2, 0.25) is 5.95 Å². The number of H-pyrrole nitrogens is 1. The van der Waals surface area contributed by atoms with E-state index in [1.807, 2.05) is 0 Å². The number of non-ortho nitro benzene ring substituents is 1. The highest BCUT2D eigenvalue weighted by molar-refractivity contribution is 6.03. The smallest absolute Gasteiger partial charge is 0.270 e. The van der Waals surface area contributed by atoms with Gasteiger partial charge in [-0.3, -0.25) is 20.2 Å². The maximum absolute atomic E-state index is 11.7. The Morgan fingerprint density at radius 2 is 2.29 bits per heavy atom. The number of nitrogens with zero attached hydrogens (tertiary/aromatic N) is 3. The van der Waals surface area contributed by atoms with Crippen LogP contribution in [0.15, 0.2) is 30.6 Å². The fraction of sp³-hybridized carbons (Fsp3) is 0. The van der Waals surface area contributed by atoms with Crippen LogP contribution in [0.5, 0.6) is 0 Å². The maximum Gasteiger partial charge on any atom is 0.270 e. The predicted octanol–water partition coefficient (Wildman–Crippen LogP) is 0.965. The second kappa shape index (κ2) is 4.39. The van der Waals surface area contributed by atoms with E-state index in [0.717, 1.165) is 0 Å². The number of anilines is 1. The van der Waals surface area contributed by atoms with Crippen LogP contribution in [0.25, 0.3) is 0 Å². The van der Waals surface area contributed by atoms with Crippen molar-refractivity contribution in [3.05, 3.63) is 46.3 Å². The predicted molar refractivity (Wildman–Crippen MR) is 57.4 cm³/mol. The van der Waals surface area contributed by atoms with Gasteiger partial charge in [-0.1, -0.05) is 6.07 Å². The van der Waals surface area contributed by atoms with E-state index in [4.69, 9.17) is 0 Å². The highest BCUT2D eigenvalue weighted by Gasteiger charge is 2.12. The molecule has 0 saturated carbocycles. The van der Waals surface area contributed by atoms with Crippen LogP contribution in [0.4, 0.5) is 11.6 Å². The van der Waals surface area contributed by atoms with Gasteiger partial charge in [0.25, 0.3) is 11.6 Å². The molecule has 86 valence electrons. The minimum absolute atomic E-state index is 0.143. The number of aromatic nitrogens is 3. The van der Waals surface area contributed by atoms with Crippen molar-refractivity contribution in [3.8, 4) is 0 Å². The van der Waals surface area contributed by atoms with E-state index in [1.54, 1.807) is 0 Å². The summed E-state index contributed by atoms with van der Waals surface area (Å²) in [6, 6.07) is 5.41. The molecule has 0 aliphatic rings. The van der Waals surface area contributed by atoms with E-state index >= 15 is 0 Å². The lowest BCUT2D eigenvalue weighted by molar-refractivity contribution is -0.384. The fourth-order valence-corrected chi connectivity index (χ4v) is 1.21. The number of benzene rings is 1. The lowest BCUT2D eigenvalue weighted by Crippen LogP contribution is -2.13. The highest BCUT2D eigenvalue weighted by Crippen LogP contribution is 2.13. The molecule has 0 atom stereocenters. The quantitative estimate of drug-likeness (QED) is 0.605. The molecule has 1 aromatic heterocycles. The first-order valence-corrected chi connectivity index (χ1v) is 4.58. The standard InChI is InChI=1S/C9H7N5O3/c15-8(12-9-10-5-11-13-9)6-2-1-3-7(4-6)14(16)17/h1-5H,(H2,10,11,12,13,15). The maximum atomic E-state index is 11.7. The molecule has 0 fully saturated rings. The van der Waals surface area contributed by atoms with Gasteiger partial charge in [-0.15, -0.1) is 0 Å². The molecule has 1 aromatic carbocycles. The molecule has 1 amide bonds. The summed E-state index contributed by atoms with van der Waals surface area (Å²) in [5.41, 5.74) is 0.0332. The number of aromatic amines is 1. The monoisotopic (exact) mass is 233 g/mol. The zero-order valence-electron chi connectivity index (χ0n) is 8.45. The summed E-state index contributed by atoms with van der Waals surface area (Å²) in [6.45, 7) is 0. The first-order valence-electron chi connectivity index (χ1n) is 4.58. The van der Waals surface area contributed by atoms with Crippen molar-refractivity contribution in [1.29, 1.82) is 0 Å². The molecule has 0 radical (unpaired) electrons. The first-order chi connectivity index (χ1) is 8.16. The summed E-state index contributed by atoms with van der Waals surface area (Å²) >= 11 is 0. The molecule has 0 bridgehead atoms. The molecule has 17 heavy (non-hydrogen) atoms. The fourth-order valence-electron chi connectivity index (χ4n) is 1.21. The van der Waals surface area contributed by atoms with E-state index in [0.29, 0.717) is 0 Å². The Morgan fingerprint density at radius 1 is 1.47 bits per heavy atom. The minimum Gasteiger partial charge on any atom is -0.291 e. The second-order valence-corrected chi connectivity index (χ2v) is 3.10. The molecule has 2 N–H and O–H groups in total. The van der Waals surface area contributed by atoms with Crippen LogP contribution < -0.4 is 5.32 Å². The average Bonchev–Trinajstić information content (AvgIpc) is 2.82. The van der Waals surface area contributed by atoms with Gasteiger partial charge in [-0.25, -0.2) is 5.10 Å². The summed E-state index contributed by atoms with van der Waals surface area (Å²) in [5.74, 6) is -0.313. The number of carbonyl (C=O) groups excluding carboxylic acids is 1. The number of nitro benzene ring substituents is 1. The average molecular weight is 233 g/mol. The molecule has 2 aromatic rings. The van der Waals surface area contributed by atoms with Crippen molar-refractivity contribution in [2.24, 2.45) is 0 Å². The van der Waals surface area contributed by atoms with Crippen molar-refractivity contribution in [1.82, 2.24) is 15.2 Å². The van der Waals surface area contributed by atoms with Crippen LogP contribution in [0.3, 0.4) is 0 Å². The Bertz CT molecular complexity index is 552. The van der Waals surface area contributed by atoms with Crippen LogP contribution in [-0.2, 0) is 0 Å². The van der Waals surface area contributed by atoms with Crippen molar-refractivity contribution in [2.75, 3.05) is 5.32 Å². The number of nitro groups is 1.